The molecule has 1 rings (SSSR count). The number of halogens is 1. The van der Waals surface area contributed by atoms with Crippen molar-refractivity contribution >= 4 is 17.5 Å². The van der Waals surface area contributed by atoms with Crippen LogP contribution in [0.5, 0.6) is 5.75 Å². The lowest BCUT2D eigenvalue weighted by molar-refractivity contribution is -0.123. The molecule has 1 amide bonds. The first kappa shape index (κ1) is 14.8. The van der Waals surface area contributed by atoms with Crippen molar-refractivity contribution < 1.29 is 9.53 Å². The second-order valence-electron chi connectivity index (χ2n) is 4.01. The van der Waals surface area contributed by atoms with E-state index in [4.69, 9.17) is 16.3 Å². The van der Waals surface area contributed by atoms with Crippen LogP contribution < -0.4 is 15.4 Å². The van der Waals surface area contributed by atoms with Crippen molar-refractivity contribution in [3.8, 4) is 5.75 Å². The third-order valence-electron chi connectivity index (χ3n) is 2.43. The van der Waals surface area contributed by atoms with E-state index in [0.29, 0.717) is 17.3 Å². The molecule has 4 nitrogen and oxygen atoms in total. The average Bonchev–Trinajstić information content (AvgIpc) is 2.36. The summed E-state index contributed by atoms with van der Waals surface area (Å²) in [5, 5.41) is 6.49. The fraction of sp³-hybridized carbons (Fsp3) is 0.462. The van der Waals surface area contributed by atoms with E-state index in [-0.39, 0.29) is 12.5 Å². The Kier molecular flexibility index (Phi) is 6.54. The molecule has 1 aromatic rings. The molecule has 2 N–H and O–H groups in total. The lowest BCUT2D eigenvalue weighted by atomic mass is 10.2. The topological polar surface area (TPSA) is 50.4 Å². The highest BCUT2D eigenvalue weighted by atomic mass is 35.5. The molecule has 0 radical (unpaired) electrons. The van der Waals surface area contributed by atoms with E-state index >= 15 is 0 Å². The zero-order chi connectivity index (χ0) is 13.4. The Morgan fingerprint density at radius 2 is 2.17 bits per heavy atom. The van der Waals surface area contributed by atoms with E-state index in [1.165, 1.54) is 0 Å². The number of ether oxygens (including phenoxy) is 1. The molecule has 0 bridgehead atoms. The predicted molar refractivity (Wildman–Crippen MR) is 73.2 cm³/mol. The minimum atomic E-state index is -0.112. The van der Waals surface area contributed by atoms with Gasteiger partial charge in [-0.1, -0.05) is 11.6 Å². The minimum Gasteiger partial charge on any atom is -0.484 e. The van der Waals surface area contributed by atoms with Gasteiger partial charge in [-0.2, -0.15) is 0 Å². The predicted octanol–water partition coefficient (Wildman–Crippen LogP) is 1.75. The molecule has 18 heavy (non-hydrogen) atoms. The second kappa shape index (κ2) is 7.95. The standard InChI is InChI=1S/C13H19ClN2O2/c1-10-8-11(4-5-12(10)14)18-9-13(17)16-7-3-6-15-2/h4-5,8,15H,3,6-7,9H2,1-2H3,(H,16,17). The molecule has 0 heterocycles. The van der Waals surface area contributed by atoms with Crippen LogP contribution in [0.3, 0.4) is 0 Å². The molecule has 0 atom stereocenters. The zero-order valence-electron chi connectivity index (χ0n) is 10.8. The van der Waals surface area contributed by atoms with Crippen LogP contribution >= 0.6 is 11.6 Å². The summed E-state index contributed by atoms with van der Waals surface area (Å²) < 4.78 is 5.37. The van der Waals surface area contributed by atoms with E-state index in [9.17, 15) is 4.79 Å². The van der Waals surface area contributed by atoms with Gasteiger partial charge in [0.15, 0.2) is 6.61 Å². The number of nitrogens with one attached hydrogen (secondary N) is 2. The van der Waals surface area contributed by atoms with Gasteiger partial charge < -0.3 is 15.4 Å². The quantitative estimate of drug-likeness (QED) is 0.743. The lowest BCUT2D eigenvalue weighted by Crippen LogP contribution is -2.30. The number of benzene rings is 1. The van der Waals surface area contributed by atoms with Gasteiger partial charge in [-0.25, -0.2) is 0 Å². The van der Waals surface area contributed by atoms with Gasteiger partial charge in [0.25, 0.3) is 5.91 Å². The first-order valence-corrected chi connectivity index (χ1v) is 6.31. The van der Waals surface area contributed by atoms with Crippen molar-refractivity contribution in [2.75, 3.05) is 26.7 Å². The molecule has 0 saturated heterocycles. The summed E-state index contributed by atoms with van der Waals surface area (Å²) in [6.07, 6.45) is 0.905. The normalized spacial score (nSPS) is 10.2. The number of carbonyl (C=O) groups excluding carboxylic acids is 1. The van der Waals surface area contributed by atoms with Crippen molar-refractivity contribution in [2.45, 2.75) is 13.3 Å². The fourth-order valence-electron chi connectivity index (χ4n) is 1.40. The molecule has 5 heteroatoms. The Balaban J connectivity index is 2.27. The van der Waals surface area contributed by atoms with Crippen LogP contribution in [0, 0.1) is 6.92 Å². The fourth-order valence-corrected chi connectivity index (χ4v) is 1.52. The van der Waals surface area contributed by atoms with Gasteiger partial charge >= 0.3 is 0 Å². The molecule has 0 aliphatic rings. The van der Waals surface area contributed by atoms with Crippen LogP contribution in [-0.4, -0.2) is 32.7 Å². The lowest BCUT2D eigenvalue weighted by Gasteiger charge is -2.08. The zero-order valence-corrected chi connectivity index (χ0v) is 11.5. The van der Waals surface area contributed by atoms with Crippen molar-refractivity contribution in [1.82, 2.24) is 10.6 Å². The molecule has 0 spiro atoms. The van der Waals surface area contributed by atoms with Crippen LogP contribution in [0.4, 0.5) is 0 Å². The van der Waals surface area contributed by atoms with Gasteiger partial charge in [-0.15, -0.1) is 0 Å². The van der Waals surface area contributed by atoms with Crippen LogP contribution in [0.15, 0.2) is 18.2 Å². The maximum absolute atomic E-state index is 11.4. The number of aryl methyl sites for hydroxylation is 1. The van der Waals surface area contributed by atoms with Crippen molar-refractivity contribution in [1.29, 1.82) is 0 Å². The third kappa shape index (κ3) is 5.38. The van der Waals surface area contributed by atoms with Crippen molar-refractivity contribution in [3.05, 3.63) is 28.8 Å². The Hall–Kier alpha value is -1.26. The maximum Gasteiger partial charge on any atom is 0.257 e. The highest BCUT2D eigenvalue weighted by molar-refractivity contribution is 6.31. The van der Waals surface area contributed by atoms with Crippen molar-refractivity contribution in [2.24, 2.45) is 0 Å². The number of rotatable bonds is 7. The monoisotopic (exact) mass is 270 g/mol. The van der Waals surface area contributed by atoms with Crippen LogP contribution in [0.1, 0.15) is 12.0 Å². The number of amides is 1. The summed E-state index contributed by atoms with van der Waals surface area (Å²) >= 11 is 5.90. The van der Waals surface area contributed by atoms with Crippen LogP contribution in [-0.2, 0) is 4.79 Å². The molecule has 0 saturated carbocycles. The summed E-state index contributed by atoms with van der Waals surface area (Å²) in [6, 6.07) is 5.33. The number of hydrogen-bond acceptors (Lipinski definition) is 3. The first-order chi connectivity index (χ1) is 8.63. The molecule has 0 unspecified atom stereocenters. The highest BCUT2D eigenvalue weighted by Gasteiger charge is 2.03. The molecular weight excluding hydrogens is 252 g/mol. The molecule has 100 valence electrons. The molecule has 0 fully saturated rings. The van der Waals surface area contributed by atoms with Gasteiger partial charge in [0.2, 0.25) is 0 Å². The average molecular weight is 271 g/mol. The van der Waals surface area contributed by atoms with Crippen LogP contribution in [0.2, 0.25) is 5.02 Å². The molecule has 0 aromatic heterocycles. The van der Waals surface area contributed by atoms with E-state index < -0.39 is 0 Å². The van der Waals surface area contributed by atoms with E-state index in [1.54, 1.807) is 12.1 Å². The maximum atomic E-state index is 11.4. The molecule has 0 aliphatic heterocycles. The van der Waals surface area contributed by atoms with Crippen molar-refractivity contribution in [3.63, 3.8) is 0 Å². The summed E-state index contributed by atoms with van der Waals surface area (Å²) in [4.78, 5) is 11.4. The molecule has 1 aromatic carbocycles. The minimum absolute atomic E-state index is 0.0284. The van der Waals surface area contributed by atoms with Gasteiger partial charge in [0.05, 0.1) is 0 Å². The van der Waals surface area contributed by atoms with Gasteiger partial charge in [0, 0.05) is 11.6 Å². The van der Waals surface area contributed by atoms with Gasteiger partial charge in [-0.3, -0.25) is 4.79 Å². The smallest absolute Gasteiger partial charge is 0.257 e. The third-order valence-corrected chi connectivity index (χ3v) is 2.85. The number of carbonyl (C=O) groups is 1. The summed E-state index contributed by atoms with van der Waals surface area (Å²) in [7, 11) is 1.88. The van der Waals surface area contributed by atoms with E-state index in [1.807, 2.05) is 20.0 Å². The van der Waals surface area contributed by atoms with Crippen LogP contribution in [0.25, 0.3) is 0 Å². The largest absolute Gasteiger partial charge is 0.484 e. The number of hydrogen-bond donors (Lipinski definition) is 2. The Labute approximate surface area is 113 Å². The summed E-state index contributed by atoms with van der Waals surface area (Å²) in [5.41, 5.74) is 0.934. The summed E-state index contributed by atoms with van der Waals surface area (Å²) in [6.45, 7) is 3.47. The first-order valence-electron chi connectivity index (χ1n) is 5.93. The highest BCUT2D eigenvalue weighted by Crippen LogP contribution is 2.20. The van der Waals surface area contributed by atoms with Gasteiger partial charge in [-0.05, 0) is 50.7 Å². The van der Waals surface area contributed by atoms with E-state index in [0.717, 1.165) is 18.5 Å². The molecular formula is C13H19ClN2O2. The SMILES string of the molecule is CNCCCNC(=O)COc1ccc(Cl)c(C)c1. The Morgan fingerprint density at radius 1 is 1.39 bits per heavy atom. The summed E-state index contributed by atoms with van der Waals surface area (Å²) in [5.74, 6) is 0.543. The van der Waals surface area contributed by atoms with E-state index in [2.05, 4.69) is 10.6 Å². The second-order valence-corrected chi connectivity index (χ2v) is 4.41. The Morgan fingerprint density at radius 3 is 2.83 bits per heavy atom. The molecule has 0 aliphatic carbocycles. The Bertz CT molecular complexity index is 397. The van der Waals surface area contributed by atoms with Gasteiger partial charge in [0.1, 0.15) is 5.75 Å².